The molecule has 1 N–H and O–H groups in total. The molecule has 3 amide bonds. The standard InChI is InChI=1S/C15H20ClN3O2/c1-2-6-17-14(20)11-19-8-7-18(15(19)21)10-12-4-3-5-13(16)9-12/h3-5,9H,2,6-8,10-11H2,1H3,(H,17,20). The summed E-state index contributed by atoms with van der Waals surface area (Å²) < 4.78 is 0. The molecule has 114 valence electrons. The van der Waals surface area contributed by atoms with Gasteiger partial charge < -0.3 is 15.1 Å². The second-order valence-corrected chi connectivity index (χ2v) is 5.54. The zero-order chi connectivity index (χ0) is 15.2. The maximum absolute atomic E-state index is 12.2. The normalized spacial score (nSPS) is 14.7. The van der Waals surface area contributed by atoms with E-state index in [-0.39, 0.29) is 18.5 Å². The Morgan fingerprint density at radius 1 is 1.33 bits per heavy atom. The van der Waals surface area contributed by atoms with E-state index in [1.165, 1.54) is 0 Å². The average Bonchev–Trinajstić information content (AvgIpc) is 2.78. The van der Waals surface area contributed by atoms with Gasteiger partial charge in [-0.15, -0.1) is 0 Å². The molecule has 2 rings (SSSR count). The highest BCUT2D eigenvalue weighted by Crippen LogP contribution is 2.16. The lowest BCUT2D eigenvalue weighted by atomic mass is 10.2. The maximum Gasteiger partial charge on any atom is 0.320 e. The Hall–Kier alpha value is -1.75. The fourth-order valence-electron chi connectivity index (χ4n) is 2.28. The van der Waals surface area contributed by atoms with Crippen molar-refractivity contribution in [3.05, 3.63) is 34.9 Å². The molecule has 0 atom stereocenters. The van der Waals surface area contributed by atoms with Gasteiger partial charge in [-0.1, -0.05) is 30.7 Å². The quantitative estimate of drug-likeness (QED) is 0.875. The number of nitrogens with one attached hydrogen (secondary N) is 1. The van der Waals surface area contributed by atoms with E-state index in [1.807, 2.05) is 25.1 Å². The predicted octanol–water partition coefficient (Wildman–Crippen LogP) is 2.10. The summed E-state index contributed by atoms with van der Waals surface area (Å²) in [5, 5.41) is 3.44. The summed E-state index contributed by atoms with van der Waals surface area (Å²) in [6.45, 7) is 4.50. The van der Waals surface area contributed by atoms with E-state index in [9.17, 15) is 9.59 Å². The minimum absolute atomic E-state index is 0.0957. The van der Waals surface area contributed by atoms with Crippen LogP contribution < -0.4 is 5.32 Å². The Kier molecular flexibility index (Phi) is 5.44. The molecular formula is C15H20ClN3O2. The van der Waals surface area contributed by atoms with Crippen molar-refractivity contribution in [2.24, 2.45) is 0 Å². The van der Waals surface area contributed by atoms with E-state index >= 15 is 0 Å². The molecular weight excluding hydrogens is 290 g/mol. The molecule has 6 heteroatoms. The molecule has 1 aromatic rings. The van der Waals surface area contributed by atoms with Crippen molar-refractivity contribution in [3.63, 3.8) is 0 Å². The lowest BCUT2D eigenvalue weighted by molar-refractivity contribution is -0.121. The van der Waals surface area contributed by atoms with Crippen LogP contribution in [0, 0.1) is 0 Å². The van der Waals surface area contributed by atoms with E-state index in [4.69, 9.17) is 11.6 Å². The molecule has 0 aromatic heterocycles. The van der Waals surface area contributed by atoms with Gasteiger partial charge in [0.2, 0.25) is 5.91 Å². The van der Waals surface area contributed by atoms with Gasteiger partial charge in [-0.2, -0.15) is 0 Å². The molecule has 0 spiro atoms. The van der Waals surface area contributed by atoms with Gasteiger partial charge >= 0.3 is 6.03 Å². The zero-order valence-electron chi connectivity index (χ0n) is 12.1. The Bertz CT molecular complexity index is 521. The van der Waals surface area contributed by atoms with E-state index in [2.05, 4.69) is 5.32 Å². The number of carbonyl (C=O) groups is 2. The van der Waals surface area contributed by atoms with Gasteiger partial charge in [0.25, 0.3) is 0 Å². The Morgan fingerprint density at radius 2 is 2.10 bits per heavy atom. The minimum Gasteiger partial charge on any atom is -0.355 e. The number of carbonyl (C=O) groups excluding carboxylic acids is 2. The smallest absolute Gasteiger partial charge is 0.320 e. The molecule has 1 aliphatic rings. The molecule has 1 heterocycles. The lowest BCUT2D eigenvalue weighted by Crippen LogP contribution is -2.40. The molecule has 1 aromatic carbocycles. The monoisotopic (exact) mass is 309 g/mol. The fourth-order valence-corrected chi connectivity index (χ4v) is 2.49. The van der Waals surface area contributed by atoms with Crippen molar-refractivity contribution in [3.8, 4) is 0 Å². The molecule has 1 fully saturated rings. The number of nitrogens with zero attached hydrogens (tertiary/aromatic N) is 2. The van der Waals surface area contributed by atoms with Crippen molar-refractivity contribution < 1.29 is 9.59 Å². The Balaban J connectivity index is 1.88. The van der Waals surface area contributed by atoms with Crippen LogP contribution in [0.5, 0.6) is 0 Å². The second kappa shape index (κ2) is 7.31. The lowest BCUT2D eigenvalue weighted by Gasteiger charge is -2.18. The van der Waals surface area contributed by atoms with E-state index in [1.54, 1.807) is 15.9 Å². The highest BCUT2D eigenvalue weighted by molar-refractivity contribution is 6.30. The number of benzene rings is 1. The number of halogens is 1. The van der Waals surface area contributed by atoms with E-state index in [0.29, 0.717) is 31.2 Å². The van der Waals surface area contributed by atoms with Crippen molar-refractivity contribution in [2.45, 2.75) is 19.9 Å². The van der Waals surface area contributed by atoms with Gasteiger partial charge in [0, 0.05) is 31.2 Å². The zero-order valence-corrected chi connectivity index (χ0v) is 12.9. The summed E-state index contributed by atoms with van der Waals surface area (Å²) in [7, 11) is 0. The highest BCUT2D eigenvalue weighted by Gasteiger charge is 2.29. The van der Waals surface area contributed by atoms with Crippen LogP contribution in [0.2, 0.25) is 5.02 Å². The first kappa shape index (κ1) is 15.6. The molecule has 0 bridgehead atoms. The maximum atomic E-state index is 12.2. The Morgan fingerprint density at radius 3 is 2.81 bits per heavy atom. The van der Waals surface area contributed by atoms with Gasteiger partial charge in [0.15, 0.2) is 0 Å². The number of urea groups is 1. The molecule has 0 radical (unpaired) electrons. The molecule has 0 saturated carbocycles. The second-order valence-electron chi connectivity index (χ2n) is 5.11. The van der Waals surface area contributed by atoms with E-state index < -0.39 is 0 Å². The van der Waals surface area contributed by atoms with Gasteiger partial charge in [0.1, 0.15) is 6.54 Å². The first-order valence-electron chi connectivity index (χ1n) is 7.15. The fraction of sp³-hybridized carbons (Fsp3) is 0.467. The third-order valence-electron chi connectivity index (χ3n) is 3.35. The minimum atomic E-state index is -0.102. The van der Waals surface area contributed by atoms with Gasteiger partial charge in [-0.3, -0.25) is 4.79 Å². The summed E-state index contributed by atoms with van der Waals surface area (Å²) in [6.07, 6.45) is 0.889. The molecule has 1 aliphatic heterocycles. The van der Waals surface area contributed by atoms with Crippen LogP contribution in [0.15, 0.2) is 24.3 Å². The summed E-state index contributed by atoms with van der Waals surface area (Å²) in [5.74, 6) is -0.102. The van der Waals surface area contributed by atoms with Gasteiger partial charge in [0.05, 0.1) is 0 Å². The third-order valence-corrected chi connectivity index (χ3v) is 3.59. The van der Waals surface area contributed by atoms with Crippen LogP contribution >= 0.6 is 11.6 Å². The van der Waals surface area contributed by atoms with Crippen LogP contribution in [-0.2, 0) is 11.3 Å². The predicted molar refractivity (Wildman–Crippen MR) is 82.1 cm³/mol. The molecule has 0 unspecified atom stereocenters. The summed E-state index contributed by atoms with van der Waals surface area (Å²) in [5.41, 5.74) is 0.994. The number of hydrogen-bond donors (Lipinski definition) is 1. The van der Waals surface area contributed by atoms with Crippen molar-refractivity contribution in [1.82, 2.24) is 15.1 Å². The molecule has 1 saturated heterocycles. The van der Waals surface area contributed by atoms with E-state index in [0.717, 1.165) is 12.0 Å². The first-order chi connectivity index (χ1) is 10.1. The van der Waals surface area contributed by atoms with Crippen LogP contribution in [0.25, 0.3) is 0 Å². The number of rotatable bonds is 6. The van der Waals surface area contributed by atoms with Crippen molar-refractivity contribution >= 4 is 23.5 Å². The van der Waals surface area contributed by atoms with Crippen molar-refractivity contribution in [1.29, 1.82) is 0 Å². The number of hydrogen-bond acceptors (Lipinski definition) is 2. The molecule has 0 aliphatic carbocycles. The Labute approximate surface area is 129 Å². The summed E-state index contributed by atoms with van der Waals surface area (Å²) in [6, 6.07) is 7.37. The van der Waals surface area contributed by atoms with Crippen LogP contribution in [0.4, 0.5) is 4.79 Å². The van der Waals surface area contributed by atoms with Crippen LogP contribution in [-0.4, -0.2) is 47.9 Å². The van der Waals surface area contributed by atoms with Gasteiger partial charge in [-0.05, 0) is 24.1 Å². The SMILES string of the molecule is CCCNC(=O)CN1CCN(Cc2cccc(Cl)c2)C1=O. The van der Waals surface area contributed by atoms with Crippen LogP contribution in [0.3, 0.4) is 0 Å². The number of amides is 3. The molecule has 21 heavy (non-hydrogen) atoms. The largest absolute Gasteiger partial charge is 0.355 e. The van der Waals surface area contributed by atoms with Crippen LogP contribution in [0.1, 0.15) is 18.9 Å². The molecule has 5 nitrogen and oxygen atoms in total. The highest BCUT2D eigenvalue weighted by atomic mass is 35.5. The summed E-state index contributed by atoms with van der Waals surface area (Å²) in [4.78, 5) is 27.2. The van der Waals surface area contributed by atoms with Gasteiger partial charge in [-0.25, -0.2) is 4.79 Å². The summed E-state index contributed by atoms with van der Waals surface area (Å²) >= 11 is 5.95. The van der Waals surface area contributed by atoms with Crippen molar-refractivity contribution in [2.75, 3.05) is 26.2 Å². The average molecular weight is 310 g/mol. The first-order valence-corrected chi connectivity index (χ1v) is 7.53. The topological polar surface area (TPSA) is 52.7 Å². The third kappa shape index (κ3) is 4.36.